The van der Waals surface area contributed by atoms with Gasteiger partial charge in [0.2, 0.25) is 10.0 Å². The number of sulfonamides is 1. The van der Waals surface area contributed by atoms with E-state index < -0.39 is 15.8 Å². The zero-order valence-electron chi connectivity index (χ0n) is 12.2. The number of anilines is 1. The van der Waals surface area contributed by atoms with Crippen LogP contribution in [0.5, 0.6) is 5.75 Å². The molecule has 1 saturated carbocycles. The van der Waals surface area contributed by atoms with Crippen molar-refractivity contribution in [3.8, 4) is 5.75 Å². The third-order valence-electron chi connectivity index (χ3n) is 3.98. The molecule has 2 atom stereocenters. The molecule has 0 radical (unpaired) electrons. The van der Waals surface area contributed by atoms with Crippen LogP contribution in [0.15, 0.2) is 17.0 Å². The number of nitrogen functional groups attached to an aromatic ring is 1. The van der Waals surface area contributed by atoms with Gasteiger partial charge in [0.1, 0.15) is 0 Å². The minimum absolute atomic E-state index is 0.0328. The summed E-state index contributed by atoms with van der Waals surface area (Å²) >= 11 is 0. The maximum Gasteiger partial charge on any atom is 0.241 e. The first-order chi connectivity index (χ1) is 9.85. The van der Waals surface area contributed by atoms with Crippen molar-refractivity contribution in [1.29, 1.82) is 0 Å². The van der Waals surface area contributed by atoms with Gasteiger partial charge in [0.15, 0.2) is 11.6 Å². The molecule has 1 fully saturated rings. The molecular weight excluding hydrogens is 295 g/mol. The highest BCUT2D eigenvalue weighted by atomic mass is 32.2. The minimum atomic E-state index is -3.79. The molecule has 0 saturated heterocycles. The Morgan fingerprint density at radius 2 is 2.00 bits per heavy atom. The summed E-state index contributed by atoms with van der Waals surface area (Å²) in [7, 11) is -2.51. The molecule has 1 aliphatic rings. The number of hydrogen-bond acceptors (Lipinski definition) is 4. The number of halogens is 1. The molecule has 0 bridgehead atoms. The first kappa shape index (κ1) is 16.0. The molecular formula is C14H21FN2O3S. The van der Waals surface area contributed by atoms with Crippen molar-refractivity contribution >= 4 is 15.7 Å². The Balaban J connectivity index is 2.27. The van der Waals surface area contributed by atoms with Crippen molar-refractivity contribution in [2.75, 3.05) is 12.8 Å². The van der Waals surface area contributed by atoms with Crippen molar-refractivity contribution < 1.29 is 17.5 Å². The molecule has 2 rings (SSSR count). The summed E-state index contributed by atoms with van der Waals surface area (Å²) in [6.45, 7) is 2.02. The fourth-order valence-corrected chi connectivity index (χ4v) is 4.14. The molecule has 7 heteroatoms. The van der Waals surface area contributed by atoms with E-state index in [-0.39, 0.29) is 28.3 Å². The standard InChI is InChI=1S/C14H21FN2O3S/c1-9-5-3-4-6-13(9)17-21(18,19)10-7-11(15)14(20-2)12(16)8-10/h7-9,13,17H,3-6,16H2,1-2H3. The molecule has 0 amide bonds. The fraction of sp³-hybridized carbons (Fsp3) is 0.571. The van der Waals surface area contributed by atoms with E-state index in [1.165, 1.54) is 13.2 Å². The van der Waals surface area contributed by atoms with Crippen molar-refractivity contribution in [2.24, 2.45) is 5.92 Å². The van der Waals surface area contributed by atoms with Gasteiger partial charge in [0, 0.05) is 6.04 Å². The van der Waals surface area contributed by atoms with Crippen LogP contribution in [-0.2, 0) is 10.0 Å². The van der Waals surface area contributed by atoms with E-state index in [1.807, 2.05) is 6.92 Å². The monoisotopic (exact) mass is 316 g/mol. The number of nitrogens with one attached hydrogen (secondary N) is 1. The molecule has 3 N–H and O–H groups in total. The zero-order valence-corrected chi connectivity index (χ0v) is 13.0. The predicted octanol–water partition coefficient (Wildman–Crippen LogP) is 2.27. The Bertz CT molecular complexity index is 596. The maximum atomic E-state index is 13.8. The van der Waals surface area contributed by atoms with Crippen molar-refractivity contribution in [3.63, 3.8) is 0 Å². The Morgan fingerprint density at radius 3 is 2.57 bits per heavy atom. The van der Waals surface area contributed by atoms with E-state index in [1.54, 1.807) is 0 Å². The zero-order chi connectivity index (χ0) is 15.6. The average Bonchev–Trinajstić information content (AvgIpc) is 2.41. The minimum Gasteiger partial charge on any atom is -0.492 e. The first-order valence-electron chi connectivity index (χ1n) is 7.00. The molecule has 21 heavy (non-hydrogen) atoms. The van der Waals surface area contributed by atoms with Crippen LogP contribution in [-0.4, -0.2) is 21.6 Å². The third-order valence-corrected chi connectivity index (χ3v) is 5.45. The SMILES string of the molecule is COc1c(N)cc(S(=O)(=O)NC2CCCCC2C)cc1F. The van der Waals surface area contributed by atoms with Crippen LogP contribution in [0.4, 0.5) is 10.1 Å². The number of rotatable bonds is 4. The van der Waals surface area contributed by atoms with E-state index >= 15 is 0 Å². The summed E-state index contributed by atoms with van der Waals surface area (Å²) in [6.07, 6.45) is 3.90. The lowest BCUT2D eigenvalue weighted by atomic mass is 9.87. The second kappa shape index (κ2) is 6.19. The lowest BCUT2D eigenvalue weighted by Gasteiger charge is -2.29. The number of nitrogens with two attached hydrogens (primary N) is 1. The highest BCUT2D eigenvalue weighted by Gasteiger charge is 2.27. The smallest absolute Gasteiger partial charge is 0.241 e. The molecule has 1 aromatic rings. The van der Waals surface area contributed by atoms with Gasteiger partial charge in [-0.3, -0.25) is 0 Å². The quantitative estimate of drug-likeness (QED) is 0.835. The van der Waals surface area contributed by atoms with Crippen molar-refractivity contribution in [3.05, 3.63) is 17.9 Å². The van der Waals surface area contributed by atoms with E-state index in [0.717, 1.165) is 31.7 Å². The van der Waals surface area contributed by atoms with Crippen molar-refractivity contribution in [1.82, 2.24) is 4.72 Å². The van der Waals surface area contributed by atoms with Gasteiger partial charge >= 0.3 is 0 Å². The summed E-state index contributed by atoms with van der Waals surface area (Å²) in [5.74, 6) is -0.650. The summed E-state index contributed by atoms with van der Waals surface area (Å²) in [5.41, 5.74) is 5.60. The molecule has 0 aromatic heterocycles. The van der Waals surface area contributed by atoms with Gasteiger partial charge in [-0.15, -0.1) is 0 Å². The number of methoxy groups -OCH3 is 1. The summed E-state index contributed by atoms with van der Waals surface area (Å²) < 4.78 is 46.0. The number of ether oxygens (including phenoxy) is 1. The molecule has 1 aromatic carbocycles. The van der Waals surface area contributed by atoms with E-state index in [9.17, 15) is 12.8 Å². The van der Waals surface area contributed by atoms with Gasteiger partial charge < -0.3 is 10.5 Å². The average molecular weight is 316 g/mol. The highest BCUT2D eigenvalue weighted by Crippen LogP contribution is 2.30. The van der Waals surface area contributed by atoms with E-state index in [0.29, 0.717) is 0 Å². The molecule has 2 unspecified atom stereocenters. The normalized spacial score (nSPS) is 23.0. The van der Waals surface area contributed by atoms with Crippen LogP contribution in [0.3, 0.4) is 0 Å². The first-order valence-corrected chi connectivity index (χ1v) is 8.49. The largest absolute Gasteiger partial charge is 0.492 e. The number of hydrogen-bond donors (Lipinski definition) is 2. The van der Waals surface area contributed by atoms with Crippen LogP contribution in [0.2, 0.25) is 0 Å². The summed E-state index contributed by atoms with van der Waals surface area (Å²) in [6, 6.07) is 2.04. The third kappa shape index (κ3) is 3.47. The van der Waals surface area contributed by atoms with Gasteiger partial charge in [0.05, 0.1) is 17.7 Å². The van der Waals surface area contributed by atoms with E-state index in [2.05, 4.69) is 4.72 Å². The Morgan fingerprint density at radius 1 is 1.33 bits per heavy atom. The molecule has 1 aliphatic carbocycles. The van der Waals surface area contributed by atoms with Crippen LogP contribution < -0.4 is 15.2 Å². The maximum absolute atomic E-state index is 13.8. The van der Waals surface area contributed by atoms with Gasteiger partial charge in [-0.2, -0.15) is 0 Å². The predicted molar refractivity (Wildman–Crippen MR) is 79.1 cm³/mol. The lowest BCUT2D eigenvalue weighted by Crippen LogP contribution is -2.41. The molecule has 5 nitrogen and oxygen atoms in total. The Labute approximate surface area is 124 Å². The van der Waals surface area contributed by atoms with Gasteiger partial charge in [0.25, 0.3) is 0 Å². The fourth-order valence-electron chi connectivity index (χ4n) is 2.72. The Hall–Kier alpha value is -1.34. The second-order valence-electron chi connectivity index (χ2n) is 5.52. The van der Waals surface area contributed by atoms with Crippen molar-refractivity contribution in [2.45, 2.75) is 43.5 Å². The second-order valence-corrected chi connectivity index (χ2v) is 7.23. The number of benzene rings is 1. The van der Waals surface area contributed by atoms with Crippen LogP contribution in [0.25, 0.3) is 0 Å². The summed E-state index contributed by atoms with van der Waals surface area (Å²) in [5, 5.41) is 0. The molecule has 0 heterocycles. The van der Waals surface area contributed by atoms with Gasteiger partial charge in [-0.05, 0) is 30.9 Å². The van der Waals surface area contributed by atoms with Crippen LogP contribution in [0, 0.1) is 11.7 Å². The highest BCUT2D eigenvalue weighted by molar-refractivity contribution is 7.89. The van der Waals surface area contributed by atoms with Gasteiger partial charge in [-0.1, -0.05) is 19.8 Å². The summed E-state index contributed by atoms with van der Waals surface area (Å²) in [4.78, 5) is -0.170. The Kier molecular flexibility index (Phi) is 4.73. The van der Waals surface area contributed by atoms with Gasteiger partial charge in [-0.25, -0.2) is 17.5 Å². The molecule has 0 spiro atoms. The van der Waals surface area contributed by atoms with Crippen LogP contribution in [0.1, 0.15) is 32.6 Å². The lowest BCUT2D eigenvalue weighted by molar-refractivity contribution is 0.310. The van der Waals surface area contributed by atoms with E-state index in [4.69, 9.17) is 10.5 Å². The molecule has 118 valence electrons. The molecule has 0 aliphatic heterocycles. The topological polar surface area (TPSA) is 81.4 Å². The van der Waals surface area contributed by atoms with Crippen LogP contribution >= 0.6 is 0 Å².